The highest BCUT2D eigenvalue weighted by Gasteiger charge is 2.26. The second-order valence-corrected chi connectivity index (χ2v) is 5.53. The Bertz CT molecular complexity index is 457. The molecule has 20 heavy (non-hydrogen) atoms. The van der Waals surface area contributed by atoms with Crippen molar-refractivity contribution in [2.24, 2.45) is 0 Å². The van der Waals surface area contributed by atoms with Gasteiger partial charge in [0.1, 0.15) is 18.0 Å². The Labute approximate surface area is 119 Å². The van der Waals surface area contributed by atoms with Crippen molar-refractivity contribution < 1.29 is 9.84 Å². The van der Waals surface area contributed by atoms with Crippen molar-refractivity contribution in [3.05, 3.63) is 12.4 Å². The van der Waals surface area contributed by atoms with Gasteiger partial charge in [0.2, 0.25) is 0 Å². The molecule has 0 radical (unpaired) electrons. The van der Waals surface area contributed by atoms with E-state index in [2.05, 4.69) is 26.7 Å². The SMILES string of the molecule is C[C@H]1CN(c2cc(N3CCC[C@H]3CO)ncn2)CCO1. The summed E-state index contributed by atoms with van der Waals surface area (Å²) in [5.41, 5.74) is 0. The topological polar surface area (TPSA) is 61.7 Å². The van der Waals surface area contributed by atoms with Gasteiger partial charge in [0, 0.05) is 25.7 Å². The van der Waals surface area contributed by atoms with Crippen LogP contribution in [0.5, 0.6) is 0 Å². The monoisotopic (exact) mass is 278 g/mol. The van der Waals surface area contributed by atoms with Crippen LogP contribution in [-0.2, 0) is 4.74 Å². The van der Waals surface area contributed by atoms with Gasteiger partial charge < -0.3 is 19.6 Å². The second-order valence-electron chi connectivity index (χ2n) is 5.53. The summed E-state index contributed by atoms with van der Waals surface area (Å²) in [5.74, 6) is 1.87. The molecule has 6 heteroatoms. The van der Waals surface area contributed by atoms with E-state index >= 15 is 0 Å². The van der Waals surface area contributed by atoms with Crippen molar-refractivity contribution >= 4 is 11.6 Å². The Balaban J connectivity index is 1.78. The van der Waals surface area contributed by atoms with E-state index in [-0.39, 0.29) is 18.8 Å². The van der Waals surface area contributed by atoms with Gasteiger partial charge in [-0.2, -0.15) is 0 Å². The fourth-order valence-corrected chi connectivity index (χ4v) is 3.02. The van der Waals surface area contributed by atoms with Crippen LogP contribution in [-0.4, -0.2) is 60.1 Å². The average molecular weight is 278 g/mol. The number of nitrogens with zero attached hydrogens (tertiary/aromatic N) is 4. The van der Waals surface area contributed by atoms with E-state index in [0.717, 1.165) is 50.7 Å². The standard InChI is InChI=1S/C14H22N4O2/c1-11-8-17(5-6-20-11)13-7-14(16-10-15-13)18-4-2-3-12(18)9-19/h7,10-12,19H,2-6,8-9H2,1H3/t11-,12-/m0/s1. The van der Waals surface area contributed by atoms with E-state index in [1.165, 1.54) is 0 Å². The normalized spacial score (nSPS) is 27.1. The lowest BCUT2D eigenvalue weighted by Crippen LogP contribution is -2.41. The van der Waals surface area contributed by atoms with Gasteiger partial charge in [0.25, 0.3) is 0 Å². The molecular weight excluding hydrogens is 256 g/mol. The van der Waals surface area contributed by atoms with Crippen LogP contribution in [0.25, 0.3) is 0 Å². The molecule has 0 saturated carbocycles. The van der Waals surface area contributed by atoms with Gasteiger partial charge in [0.05, 0.1) is 25.4 Å². The first kappa shape index (κ1) is 13.6. The highest BCUT2D eigenvalue weighted by molar-refractivity contribution is 5.51. The minimum Gasteiger partial charge on any atom is -0.394 e. The molecule has 2 fully saturated rings. The van der Waals surface area contributed by atoms with Gasteiger partial charge in [-0.3, -0.25) is 0 Å². The molecule has 0 amide bonds. The fraction of sp³-hybridized carbons (Fsp3) is 0.714. The zero-order chi connectivity index (χ0) is 13.9. The fourth-order valence-electron chi connectivity index (χ4n) is 3.02. The summed E-state index contributed by atoms with van der Waals surface area (Å²) in [5, 5.41) is 9.44. The van der Waals surface area contributed by atoms with E-state index in [1.807, 2.05) is 6.07 Å². The molecule has 2 saturated heterocycles. The van der Waals surface area contributed by atoms with Crippen molar-refractivity contribution in [1.82, 2.24) is 9.97 Å². The zero-order valence-corrected chi connectivity index (χ0v) is 11.9. The van der Waals surface area contributed by atoms with Gasteiger partial charge in [0.15, 0.2) is 0 Å². The molecular formula is C14H22N4O2. The lowest BCUT2D eigenvalue weighted by atomic mass is 10.2. The van der Waals surface area contributed by atoms with Gasteiger partial charge in [-0.15, -0.1) is 0 Å². The van der Waals surface area contributed by atoms with Crippen molar-refractivity contribution in [2.75, 3.05) is 42.6 Å². The van der Waals surface area contributed by atoms with Crippen molar-refractivity contribution in [3.63, 3.8) is 0 Å². The molecule has 2 aliphatic rings. The molecule has 0 unspecified atom stereocenters. The number of hydrogen-bond donors (Lipinski definition) is 1. The van der Waals surface area contributed by atoms with Crippen LogP contribution in [0.15, 0.2) is 12.4 Å². The Morgan fingerprint density at radius 2 is 2.20 bits per heavy atom. The van der Waals surface area contributed by atoms with E-state index in [9.17, 15) is 5.11 Å². The Kier molecular flexibility index (Phi) is 4.03. The van der Waals surface area contributed by atoms with Crippen LogP contribution in [0, 0.1) is 0 Å². The third-order valence-corrected chi connectivity index (χ3v) is 4.09. The van der Waals surface area contributed by atoms with E-state index in [4.69, 9.17) is 4.74 Å². The van der Waals surface area contributed by atoms with Crippen LogP contribution in [0.3, 0.4) is 0 Å². The molecule has 0 spiro atoms. The molecule has 6 nitrogen and oxygen atoms in total. The number of morpholine rings is 1. The highest BCUT2D eigenvalue weighted by atomic mass is 16.5. The predicted octanol–water partition coefficient (Wildman–Crippen LogP) is 0.663. The molecule has 0 bridgehead atoms. The van der Waals surface area contributed by atoms with Crippen molar-refractivity contribution in [2.45, 2.75) is 31.9 Å². The smallest absolute Gasteiger partial charge is 0.134 e. The number of hydrogen-bond acceptors (Lipinski definition) is 6. The number of aromatic nitrogens is 2. The quantitative estimate of drug-likeness (QED) is 0.876. The predicted molar refractivity (Wildman–Crippen MR) is 77.1 cm³/mol. The Hall–Kier alpha value is -1.40. The maximum Gasteiger partial charge on any atom is 0.134 e. The van der Waals surface area contributed by atoms with Gasteiger partial charge in [-0.25, -0.2) is 9.97 Å². The van der Waals surface area contributed by atoms with Crippen molar-refractivity contribution in [3.8, 4) is 0 Å². The molecule has 3 rings (SSSR count). The highest BCUT2D eigenvalue weighted by Crippen LogP contribution is 2.26. The Morgan fingerprint density at radius 1 is 1.35 bits per heavy atom. The molecule has 110 valence electrons. The van der Waals surface area contributed by atoms with E-state index < -0.39 is 0 Å². The molecule has 1 aromatic rings. The average Bonchev–Trinajstić information content (AvgIpc) is 2.96. The molecule has 2 aliphatic heterocycles. The first-order valence-electron chi connectivity index (χ1n) is 7.34. The minimum atomic E-state index is 0.188. The third kappa shape index (κ3) is 2.71. The summed E-state index contributed by atoms with van der Waals surface area (Å²) in [7, 11) is 0. The van der Waals surface area contributed by atoms with Crippen LogP contribution in [0.1, 0.15) is 19.8 Å². The van der Waals surface area contributed by atoms with Gasteiger partial charge in [-0.1, -0.05) is 0 Å². The number of anilines is 2. The number of rotatable bonds is 3. The molecule has 2 atom stereocenters. The molecule has 3 heterocycles. The van der Waals surface area contributed by atoms with Gasteiger partial charge >= 0.3 is 0 Å². The molecule has 1 aromatic heterocycles. The van der Waals surface area contributed by atoms with Gasteiger partial charge in [-0.05, 0) is 19.8 Å². The second kappa shape index (κ2) is 5.93. The largest absolute Gasteiger partial charge is 0.394 e. The van der Waals surface area contributed by atoms with Crippen molar-refractivity contribution in [1.29, 1.82) is 0 Å². The maximum absolute atomic E-state index is 9.44. The summed E-state index contributed by atoms with van der Waals surface area (Å²) < 4.78 is 5.57. The van der Waals surface area contributed by atoms with E-state index in [0.29, 0.717) is 0 Å². The maximum atomic E-state index is 9.44. The summed E-state index contributed by atoms with van der Waals surface area (Å²) >= 11 is 0. The first-order chi connectivity index (χ1) is 9.78. The van der Waals surface area contributed by atoms with Crippen LogP contribution in [0.4, 0.5) is 11.6 Å². The Morgan fingerprint density at radius 3 is 3.00 bits per heavy atom. The third-order valence-electron chi connectivity index (χ3n) is 4.09. The van der Waals surface area contributed by atoms with Crippen LogP contribution >= 0.6 is 0 Å². The van der Waals surface area contributed by atoms with Crippen LogP contribution < -0.4 is 9.80 Å². The first-order valence-corrected chi connectivity index (χ1v) is 7.34. The molecule has 0 aliphatic carbocycles. The number of ether oxygens (including phenoxy) is 1. The number of aliphatic hydroxyl groups excluding tert-OH is 1. The van der Waals surface area contributed by atoms with E-state index in [1.54, 1.807) is 6.33 Å². The summed E-state index contributed by atoms with van der Waals surface area (Å²) in [4.78, 5) is 13.2. The molecule has 1 N–H and O–H groups in total. The summed E-state index contributed by atoms with van der Waals surface area (Å²) in [6.45, 7) is 5.69. The zero-order valence-electron chi connectivity index (χ0n) is 11.9. The molecule has 0 aromatic carbocycles. The number of aliphatic hydroxyl groups is 1. The summed E-state index contributed by atoms with van der Waals surface area (Å²) in [6, 6.07) is 2.23. The van der Waals surface area contributed by atoms with Crippen LogP contribution in [0.2, 0.25) is 0 Å². The lowest BCUT2D eigenvalue weighted by Gasteiger charge is -2.32. The summed E-state index contributed by atoms with van der Waals surface area (Å²) in [6.07, 6.45) is 4.00. The minimum absolute atomic E-state index is 0.188. The lowest BCUT2D eigenvalue weighted by molar-refractivity contribution is 0.0529.